The second-order valence-corrected chi connectivity index (χ2v) is 7.14. The van der Waals surface area contributed by atoms with Crippen molar-refractivity contribution < 1.29 is 4.79 Å². The van der Waals surface area contributed by atoms with Gasteiger partial charge < -0.3 is 16.4 Å². The number of rotatable bonds is 6. The van der Waals surface area contributed by atoms with E-state index >= 15 is 0 Å². The van der Waals surface area contributed by atoms with Gasteiger partial charge in [0.2, 0.25) is 5.91 Å². The maximum atomic E-state index is 12.1. The molecule has 0 saturated carbocycles. The van der Waals surface area contributed by atoms with Crippen molar-refractivity contribution in [3.05, 3.63) is 88.4 Å². The van der Waals surface area contributed by atoms with Gasteiger partial charge in [-0.05, 0) is 48.4 Å². The van der Waals surface area contributed by atoms with Crippen LogP contribution in [0.15, 0.2) is 66.7 Å². The Morgan fingerprint density at radius 3 is 2.46 bits per heavy atom. The number of benzene rings is 3. The Morgan fingerprint density at radius 2 is 1.75 bits per heavy atom. The standard InChI is InChI=1S/C22H20ClN3OS/c1-14-6-2-3-7-16(14)22(28)17-11-10-15(12-18(17)23)25-13-21(27)26-20-9-5-4-8-19(20)24/h2-12,25H,13,24H2,1H3,(H,26,27). The fourth-order valence-corrected chi connectivity index (χ4v) is 3.51. The van der Waals surface area contributed by atoms with E-state index in [9.17, 15) is 4.79 Å². The van der Waals surface area contributed by atoms with Gasteiger partial charge in [0.15, 0.2) is 0 Å². The molecule has 0 fully saturated rings. The van der Waals surface area contributed by atoms with Gasteiger partial charge in [-0.1, -0.05) is 60.2 Å². The van der Waals surface area contributed by atoms with Gasteiger partial charge in [0, 0.05) is 11.3 Å². The fourth-order valence-electron chi connectivity index (χ4n) is 2.77. The average molecular weight is 410 g/mol. The molecule has 0 unspecified atom stereocenters. The third kappa shape index (κ3) is 4.68. The molecular formula is C22H20ClN3OS. The molecule has 28 heavy (non-hydrogen) atoms. The lowest BCUT2D eigenvalue weighted by molar-refractivity contribution is -0.114. The quantitative estimate of drug-likeness (QED) is 0.303. The molecule has 3 rings (SSSR count). The zero-order valence-electron chi connectivity index (χ0n) is 15.3. The summed E-state index contributed by atoms with van der Waals surface area (Å²) >= 11 is 12.1. The summed E-state index contributed by atoms with van der Waals surface area (Å²) in [7, 11) is 0. The van der Waals surface area contributed by atoms with Crippen LogP contribution in [0, 0.1) is 6.92 Å². The van der Waals surface area contributed by atoms with Crippen molar-refractivity contribution >= 4 is 51.7 Å². The number of carbonyl (C=O) groups excluding carboxylic acids is 1. The van der Waals surface area contributed by atoms with Crippen LogP contribution in [-0.4, -0.2) is 17.3 Å². The molecule has 0 heterocycles. The molecule has 0 aliphatic heterocycles. The molecule has 4 nitrogen and oxygen atoms in total. The number of amides is 1. The van der Waals surface area contributed by atoms with Crippen LogP contribution in [0.1, 0.15) is 16.7 Å². The molecule has 4 N–H and O–H groups in total. The van der Waals surface area contributed by atoms with Gasteiger partial charge in [-0.25, -0.2) is 0 Å². The van der Waals surface area contributed by atoms with Gasteiger partial charge >= 0.3 is 0 Å². The van der Waals surface area contributed by atoms with Crippen LogP contribution in [0.5, 0.6) is 0 Å². The highest BCUT2D eigenvalue weighted by molar-refractivity contribution is 7.81. The van der Waals surface area contributed by atoms with Gasteiger partial charge in [0.1, 0.15) is 0 Å². The van der Waals surface area contributed by atoms with Gasteiger partial charge in [-0.2, -0.15) is 0 Å². The van der Waals surface area contributed by atoms with Crippen molar-refractivity contribution in [1.82, 2.24) is 0 Å². The van der Waals surface area contributed by atoms with E-state index in [2.05, 4.69) is 10.6 Å². The van der Waals surface area contributed by atoms with E-state index < -0.39 is 0 Å². The van der Waals surface area contributed by atoms with Crippen LogP contribution in [0.3, 0.4) is 0 Å². The van der Waals surface area contributed by atoms with Crippen molar-refractivity contribution in [2.24, 2.45) is 0 Å². The van der Waals surface area contributed by atoms with Gasteiger partial charge in [-0.15, -0.1) is 0 Å². The van der Waals surface area contributed by atoms with E-state index in [-0.39, 0.29) is 12.5 Å². The predicted octanol–water partition coefficient (Wildman–Crippen LogP) is 5.05. The molecule has 142 valence electrons. The number of nitrogens with one attached hydrogen (secondary N) is 2. The molecule has 0 radical (unpaired) electrons. The normalized spacial score (nSPS) is 10.4. The largest absolute Gasteiger partial charge is 0.397 e. The smallest absolute Gasteiger partial charge is 0.243 e. The Bertz CT molecular complexity index is 1040. The topological polar surface area (TPSA) is 67.2 Å². The Labute approximate surface area is 174 Å². The minimum Gasteiger partial charge on any atom is -0.397 e. The minimum atomic E-state index is -0.200. The molecule has 0 aliphatic carbocycles. The number of hydrogen-bond acceptors (Lipinski definition) is 4. The number of halogens is 1. The molecule has 0 aromatic heterocycles. The van der Waals surface area contributed by atoms with Crippen LogP contribution in [0.4, 0.5) is 17.1 Å². The number of carbonyl (C=O) groups is 1. The maximum Gasteiger partial charge on any atom is 0.243 e. The van der Waals surface area contributed by atoms with Gasteiger partial charge in [-0.3, -0.25) is 4.79 Å². The van der Waals surface area contributed by atoms with E-state index in [4.69, 9.17) is 29.6 Å². The molecule has 0 saturated heterocycles. The first-order chi connectivity index (χ1) is 13.5. The molecular weight excluding hydrogens is 390 g/mol. The summed E-state index contributed by atoms with van der Waals surface area (Å²) in [6.07, 6.45) is 0. The number of anilines is 3. The van der Waals surface area contributed by atoms with Crippen molar-refractivity contribution in [1.29, 1.82) is 0 Å². The lowest BCUT2D eigenvalue weighted by Crippen LogP contribution is -2.22. The van der Waals surface area contributed by atoms with E-state index in [0.717, 1.165) is 22.4 Å². The van der Waals surface area contributed by atoms with Crippen LogP contribution in [0.2, 0.25) is 5.02 Å². The Hall–Kier alpha value is -2.89. The average Bonchev–Trinajstić information content (AvgIpc) is 2.68. The number of aryl methyl sites for hydroxylation is 1. The fraction of sp³-hybridized carbons (Fsp3) is 0.0909. The molecule has 3 aromatic carbocycles. The Kier molecular flexibility index (Phi) is 6.29. The highest BCUT2D eigenvalue weighted by Crippen LogP contribution is 2.25. The van der Waals surface area contributed by atoms with Crippen LogP contribution >= 0.6 is 23.8 Å². The van der Waals surface area contributed by atoms with Crippen LogP contribution < -0.4 is 16.4 Å². The van der Waals surface area contributed by atoms with E-state index in [1.807, 2.05) is 55.5 Å². The molecule has 0 spiro atoms. The first-order valence-corrected chi connectivity index (χ1v) is 9.52. The third-order valence-corrected chi connectivity index (χ3v) is 5.04. The molecule has 0 bridgehead atoms. The monoisotopic (exact) mass is 409 g/mol. The summed E-state index contributed by atoms with van der Waals surface area (Å²) in [5, 5.41) is 6.37. The summed E-state index contributed by atoms with van der Waals surface area (Å²) in [5.74, 6) is -0.200. The van der Waals surface area contributed by atoms with E-state index in [0.29, 0.717) is 21.3 Å². The maximum absolute atomic E-state index is 12.1. The SMILES string of the molecule is Cc1ccccc1C(=S)c1ccc(NCC(=O)Nc2ccccc2N)cc1Cl. The lowest BCUT2D eigenvalue weighted by Gasteiger charge is -2.12. The summed E-state index contributed by atoms with van der Waals surface area (Å²) in [6, 6.07) is 20.5. The summed E-state index contributed by atoms with van der Waals surface area (Å²) < 4.78 is 0. The number of hydrogen-bond donors (Lipinski definition) is 3. The van der Waals surface area contributed by atoms with Gasteiger partial charge in [0.05, 0.1) is 27.8 Å². The number of nitrogens with two attached hydrogens (primary N) is 1. The number of thiocarbonyl (C=S) groups is 1. The zero-order chi connectivity index (χ0) is 20.1. The van der Waals surface area contributed by atoms with Crippen molar-refractivity contribution in [2.45, 2.75) is 6.92 Å². The number of nitrogen functional groups attached to an aromatic ring is 1. The van der Waals surface area contributed by atoms with E-state index in [1.165, 1.54) is 0 Å². The minimum absolute atomic E-state index is 0.0895. The number of para-hydroxylation sites is 2. The van der Waals surface area contributed by atoms with Crippen LogP contribution in [-0.2, 0) is 4.79 Å². The predicted molar refractivity (Wildman–Crippen MR) is 121 cm³/mol. The van der Waals surface area contributed by atoms with Crippen LogP contribution in [0.25, 0.3) is 0 Å². The van der Waals surface area contributed by atoms with Crippen molar-refractivity contribution in [3.63, 3.8) is 0 Å². The molecule has 6 heteroatoms. The van der Waals surface area contributed by atoms with E-state index in [1.54, 1.807) is 18.2 Å². The second kappa shape index (κ2) is 8.87. The second-order valence-electron chi connectivity index (χ2n) is 6.33. The molecule has 1 amide bonds. The highest BCUT2D eigenvalue weighted by atomic mass is 35.5. The zero-order valence-corrected chi connectivity index (χ0v) is 16.9. The summed E-state index contributed by atoms with van der Waals surface area (Å²) in [4.78, 5) is 12.8. The molecule has 0 atom stereocenters. The van der Waals surface area contributed by atoms with Gasteiger partial charge in [0.25, 0.3) is 0 Å². The highest BCUT2D eigenvalue weighted by Gasteiger charge is 2.12. The summed E-state index contributed by atoms with van der Waals surface area (Å²) in [5.41, 5.74) is 10.6. The summed E-state index contributed by atoms with van der Waals surface area (Å²) in [6.45, 7) is 2.11. The Morgan fingerprint density at radius 1 is 1.04 bits per heavy atom. The first kappa shape index (κ1) is 19.9. The van der Waals surface area contributed by atoms with Crippen molar-refractivity contribution in [2.75, 3.05) is 22.9 Å². The molecule has 3 aromatic rings. The van der Waals surface area contributed by atoms with Crippen molar-refractivity contribution in [3.8, 4) is 0 Å². The molecule has 0 aliphatic rings. The lowest BCUT2D eigenvalue weighted by atomic mass is 10.00. The first-order valence-electron chi connectivity index (χ1n) is 8.74. The Balaban J connectivity index is 1.66. The third-order valence-electron chi connectivity index (χ3n) is 4.29.